The molecule has 232 valence electrons. The molecule has 0 atom stereocenters. The third-order valence-corrected chi connectivity index (χ3v) is 9.92. The van der Waals surface area contributed by atoms with Gasteiger partial charge in [0.05, 0.1) is 59.7 Å². The van der Waals surface area contributed by atoms with Gasteiger partial charge in [0.25, 0.3) is 0 Å². The molecule has 0 spiro atoms. The number of aromatic amines is 1. The van der Waals surface area contributed by atoms with Gasteiger partial charge < -0.3 is 25.1 Å². The zero-order valence-corrected chi connectivity index (χ0v) is 25.2. The molecule has 14 heteroatoms. The van der Waals surface area contributed by atoms with Crippen LogP contribution in [-0.4, -0.2) is 72.6 Å². The summed E-state index contributed by atoms with van der Waals surface area (Å²) < 4.78 is 53.8. The topological polar surface area (TPSA) is 149 Å². The smallest absolute Gasteiger partial charge is 0.235 e. The first-order valence-corrected chi connectivity index (χ1v) is 16.1. The number of fused-ring (bicyclic) bond motifs is 1. The third-order valence-electron chi connectivity index (χ3n) is 8.07. The van der Waals surface area contributed by atoms with Gasteiger partial charge in [0, 0.05) is 36.6 Å². The Morgan fingerprint density at radius 2 is 1.84 bits per heavy atom. The van der Waals surface area contributed by atoms with Crippen LogP contribution >= 0.6 is 0 Å². The van der Waals surface area contributed by atoms with Gasteiger partial charge in [-0.15, -0.1) is 0 Å². The summed E-state index contributed by atoms with van der Waals surface area (Å²) in [5.74, 6) is -0.423. The average molecular weight is 632 g/mol. The number of anilines is 3. The van der Waals surface area contributed by atoms with Crippen molar-refractivity contribution in [2.24, 2.45) is 0 Å². The molecular weight excluding hydrogens is 601 g/mol. The van der Waals surface area contributed by atoms with Crippen molar-refractivity contribution in [2.75, 3.05) is 53.5 Å². The van der Waals surface area contributed by atoms with E-state index in [2.05, 4.69) is 20.0 Å². The van der Waals surface area contributed by atoms with Crippen molar-refractivity contribution < 1.29 is 27.1 Å². The Hall–Kier alpha value is -4.95. The number of carbonyl (C=O) groups excluding carboxylic acids is 1. The molecule has 0 bridgehead atoms. The van der Waals surface area contributed by atoms with E-state index in [0.29, 0.717) is 61.7 Å². The van der Waals surface area contributed by atoms with Crippen molar-refractivity contribution in [1.29, 1.82) is 0 Å². The van der Waals surface area contributed by atoms with E-state index in [1.54, 1.807) is 37.3 Å². The van der Waals surface area contributed by atoms with Crippen LogP contribution in [0.1, 0.15) is 28.0 Å². The molecule has 0 aliphatic carbocycles. The number of carbonyl (C=O) groups is 1. The molecule has 0 unspecified atom stereocenters. The number of H-pyrrole nitrogens is 1. The summed E-state index contributed by atoms with van der Waals surface area (Å²) in [6.07, 6.45) is 3.44. The van der Waals surface area contributed by atoms with Gasteiger partial charge >= 0.3 is 0 Å². The molecule has 5 heterocycles. The van der Waals surface area contributed by atoms with Crippen LogP contribution in [0.4, 0.5) is 21.6 Å². The second kappa shape index (κ2) is 11.2. The summed E-state index contributed by atoms with van der Waals surface area (Å²) in [4.78, 5) is 23.3. The minimum absolute atomic E-state index is 0.0493. The van der Waals surface area contributed by atoms with E-state index >= 15 is 0 Å². The minimum atomic E-state index is -3.44. The van der Waals surface area contributed by atoms with Crippen molar-refractivity contribution in [3.63, 3.8) is 0 Å². The maximum atomic E-state index is 14.0. The first-order chi connectivity index (χ1) is 21.7. The van der Waals surface area contributed by atoms with Crippen molar-refractivity contribution in [2.45, 2.75) is 13.3 Å². The van der Waals surface area contributed by atoms with Gasteiger partial charge in [-0.2, -0.15) is 5.10 Å². The summed E-state index contributed by atoms with van der Waals surface area (Å²) >= 11 is 0. The van der Waals surface area contributed by atoms with Crippen molar-refractivity contribution in [1.82, 2.24) is 19.7 Å². The number of pyridine rings is 1. The number of hydrogen-bond acceptors (Lipinski definition) is 9. The van der Waals surface area contributed by atoms with Gasteiger partial charge in [-0.05, 0) is 49.2 Å². The van der Waals surface area contributed by atoms with Gasteiger partial charge in [0.2, 0.25) is 21.7 Å². The van der Waals surface area contributed by atoms with Crippen LogP contribution in [0.15, 0.2) is 60.9 Å². The Labute approximate surface area is 258 Å². The molecule has 0 radical (unpaired) electrons. The van der Waals surface area contributed by atoms with E-state index in [1.807, 2.05) is 6.07 Å². The van der Waals surface area contributed by atoms with Gasteiger partial charge in [-0.3, -0.25) is 9.10 Å². The highest BCUT2D eigenvalue weighted by Gasteiger charge is 2.32. The average Bonchev–Trinajstić information content (AvgIpc) is 3.73. The largest absolute Gasteiger partial charge is 0.436 e. The Morgan fingerprint density at radius 3 is 2.58 bits per heavy atom. The number of benzene rings is 2. The molecule has 2 aliphatic rings. The fourth-order valence-corrected chi connectivity index (χ4v) is 7.33. The monoisotopic (exact) mass is 631 g/mol. The number of ether oxygens (including phenoxy) is 2. The minimum Gasteiger partial charge on any atom is -0.436 e. The highest BCUT2D eigenvalue weighted by atomic mass is 32.2. The van der Waals surface area contributed by atoms with Crippen molar-refractivity contribution >= 4 is 43.9 Å². The molecule has 0 saturated carbocycles. The number of rotatable bonds is 7. The summed E-state index contributed by atoms with van der Waals surface area (Å²) in [6, 6.07) is 13.1. The molecule has 45 heavy (non-hydrogen) atoms. The van der Waals surface area contributed by atoms with Crippen molar-refractivity contribution in [3.8, 4) is 17.3 Å². The van der Waals surface area contributed by atoms with Gasteiger partial charge in [0.1, 0.15) is 5.82 Å². The maximum absolute atomic E-state index is 14.0. The number of sulfonamides is 1. The molecule has 5 aromatic rings. The second-order valence-electron chi connectivity index (χ2n) is 11.0. The number of aromatic nitrogens is 4. The number of nitrogens with one attached hydrogen (secondary N) is 1. The van der Waals surface area contributed by atoms with Crippen LogP contribution in [0.5, 0.6) is 11.6 Å². The SMILES string of the molecule is Cc1cc(Oc2ccccc2F)ncc1-n1ncc(C(=O)c2cc3cc(N4CCOCC4)c(N4CCCS4(=O)=O)cc3[nH]2)c1N. The molecule has 7 rings (SSSR count). The lowest BCUT2D eigenvalue weighted by Crippen LogP contribution is -2.37. The standard InChI is InChI=1S/C31H30FN7O5S/c1-19-13-29(44-28-6-3-2-5-22(28)32)34-18-27(19)39-31(33)21(17-35-39)30(40)24-14-20-15-25(37-8-10-43-11-9-37)26(16-23(20)36-24)38-7-4-12-45(38,41)42/h2-3,5-6,13-18,36H,4,7-12,33H2,1H3. The number of nitrogens with two attached hydrogens (primary N) is 1. The summed E-state index contributed by atoms with van der Waals surface area (Å²) in [5.41, 5.74) is 10.1. The van der Waals surface area contributed by atoms with Gasteiger partial charge in [-0.25, -0.2) is 22.5 Å². The summed E-state index contributed by atoms with van der Waals surface area (Å²) in [5, 5.41) is 5.12. The molecule has 3 N–H and O–H groups in total. The molecule has 12 nitrogen and oxygen atoms in total. The predicted molar refractivity (Wildman–Crippen MR) is 167 cm³/mol. The predicted octanol–water partition coefficient (Wildman–Crippen LogP) is 4.18. The zero-order valence-electron chi connectivity index (χ0n) is 24.4. The van der Waals surface area contributed by atoms with E-state index < -0.39 is 15.8 Å². The molecule has 2 aliphatic heterocycles. The fourth-order valence-electron chi connectivity index (χ4n) is 5.76. The second-order valence-corrected chi connectivity index (χ2v) is 13.0. The van der Waals surface area contributed by atoms with Gasteiger partial charge in [-0.1, -0.05) is 12.1 Å². The van der Waals surface area contributed by atoms with Crippen LogP contribution in [0, 0.1) is 12.7 Å². The fraction of sp³-hybridized carbons (Fsp3) is 0.258. The van der Waals surface area contributed by atoms with Crippen LogP contribution in [0.25, 0.3) is 16.6 Å². The number of nitrogen functional groups attached to an aromatic ring is 1. The lowest BCUT2D eigenvalue weighted by molar-refractivity contribution is 0.103. The van der Waals surface area contributed by atoms with Crippen molar-refractivity contribution in [3.05, 3.63) is 83.6 Å². The summed E-state index contributed by atoms with van der Waals surface area (Å²) in [6.45, 7) is 4.54. The number of aryl methyl sites for hydroxylation is 1. The van der Waals surface area contributed by atoms with E-state index in [1.165, 1.54) is 33.5 Å². The number of para-hydroxylation sites is 1. The van der Waals surface area contributed by atoms with E-state index in [9.17, 15) is 17.6 Å². The first kappa shape index (κ1) is 28.8. The first-order valence-electron chi connectivity index (χ1n) is 14.5. The molecular formula is C31H30FN7O5S. The lowest BCUT2D eigenvalue weighted by Gasteiger charge is -2.32. The van der Waals surface area contributed by atoms with E-state index in [4.69, 9.17) is 15.2 Å². The van der Waals surface area contributed by atoms with E-state index in [0.717, 1.165) is 11.1 Å². The van der Waals surface area contributed by atoms with Crippen LogP contribution < -0.4 is 19.7 Å². The number of halogens is 1. The van der Waals surface area contributed by atoms with E-state index in [-0.39, 0.29) is 40.2 Å². The van der Waals surface area contributed by atoms with Gasteiger partial charge in [0.15, 0.2) is 11.6 Å². The number of hydrogen-bond donors (Lipinski definition) is 2. The van der Waals surface area contributed by atoms with Crippen LogP contribution in [0.2, 0.25) is 0 Å². The Balaban J connectivity index is 1.20. The molecule has 3 aromatic heterocycles. The highest BCUT2D eigenvalue weighted by Crippen LogP contribution is 2.38. The number of ketones is 1. The number of nitrogens with zero attached hydrogens (tertiary/aromatic N) is 5. The molecule has 2 aromatic carbocycles. The third kappa shape index (κ3) is 5.25. The summed E-state index contributed by atoms with van der Waals surface area (Å²) in [7, 11) is -3.44. The molecule has 2 fully saturated rings. The van der Waals surface area contributed by atoms with Crippen LogP contribution in [0.3, 0.4) is 0 Å². The Morgan fingerprint density at radius 1 is 1.04 bits per heavy atom. The quantitative estimate of drug-likeness (QED) is 0.252. The lowest BCUT2D eigenvalue weighted by atomic mass is 10.1. The Kier molecular flexibility index (Phi) is 7.17. The highest BCUT2D eigenvalue weighted by molar-refractivity contribution is 7.93. The zero-order chi connectivity index (χ0) is 31.3. The number of morpholine rings is 1. The molecule has 0 amide bonds. The molecule has 2 saturated heterocycles. The Bertz CT molecular complexity index is 2050. The normalized spacial score (nSPS) is 16.4. The van der Waals surface area contributed by atoms with Crippen LogP contribution in [-0.2, 0) is 14.8 Å². The maximum Gasteiger partial charge on any atom is 0.235 e.